The van der Waals surface area contributed by atoms with E-state index in [0.29, 0.717) is 0 Å². The Hall–Kier alpha value is -0.430. The Morgan fingerprint density at radius 3 is 2.43 bits per heavy atom. The van der Waals surface area contributed by atoms with E-state index in [0.717, 1.165) is 13.0 Å². The zero-order valence-electron chi connectivity index (χ0n) is 8.92. The summed E-state index contributed by atoms with van der Waals surface area (Å²) < 4.78 is 10.1. The third kappa shape index (κ3) is 9.66. The molecule has 0 atom stereocenters. The lowest BCUT2D eigenvalue weighted by molar-refractivity contribution is -0.118. The smallest absolute Gasteiger partial charge is 0.231 e. The summed E-state index contributed by atoms with van der Waals surface area (Å²) in [7, 11) is -0.0946. The number of carbonyl (C=O) groups is 1. The van der Waals surface area contributed by atoms with E-state index in [9.17, 15) is 9.36 Å². The molecule has 0 aliphatic carbocycles. The van der Waals surface area contributed by atoms with E-state index < -0.39 is 0 Å². The van der Waals surface area contributed by atoms with Crippen molar-refractivity contribution in [3.8, 4) is 0 Å². The van der Waals surface area contributed by atoms with Crippen LogP contribution in [0.2, 0.25) is 0 Å². The summed E-state index contributed by atoms with van der Waals surface area (Å²) in [6.45, 7) is 2.92. The summed E-state index contributed by atoms with van der Waals surface area (Å²) >= 11 is 0. The minimum absolute atomic E-state index is 0.0931. The van der Waals surface area contributed by atoms with E-state index >= 15 is 0 Å². The first kappa shape index (κ1) is 13.6. The zero-order valence-corrected chi connectivity index (χ0v) is 9.81. The maximum atomic E-state index is 10.9. The molecule has 0 aliphatic rings. The standard InChI is InChI=1S/C10H20NO2P/c1-2-3-4-5-6-7-8-11-10(12)9-14-13/h2-9H2,1H3,(H,11,12). The van der Waals surface area contributed by atoms with Crippen LogP contribution in [0.4, 0.5) is 0 Å². The Morgan fingerprint density at radius 1 is 1.14 bits per heavy atom. The summed E-state index contributed by atoms with van der Waals surface area (Å²) in [5.41, 5.74) is 0. The van der Waals surface area contributed by atoms with E-state index in [1.165, 1.54) is 32.1 Å². The topological polar surface area (TPSA) is 46.2 Å². The van der Waals surface area contributed by atoms with Gasteiger partial charge in [0.1, 0.15) is 6.16 Å². The SMILES string of the molecule is CCCCCCCCNC(=O)CP=O. The fourth-order valence-corrected chi connectivity index (χ4v) is 1.48. The number of nitrogens with one attached hydrogen (secondary N) is 1. The van der Waals surface area contributed by atoms with Crippen LogP contribution in [-0.4, -0.2) is 18.6 Å². The summed E-state index contributed by atoms with van der Waals surface area (Å²) in [4.78, 5) is 10.9. The molecule has 0 unspecified atom stereocenters. The van der Waals surface area contributed by atoms with E-state index in [-0.39, 0.29) is 20.5 Å². The summed E-state index contributed by atoms with van der Waals surface area (Å²) in [6.07, 6.45) is 7.42. The predicted molar refractivity (Wildman–Crippen MR) is 58.9 cm³/mol. The van der Waals surface area contributed by atoms with Crippen molar-refractivity contribution in [3.63, 3.8) is 0 Å². The van der Waals surface area contributed by atoms with Crippen LogP contribution < -0.4 is 5.32 Å². The summed E-state index contributed by atoms with van der Waals surface area (Å²) in [5.74, 6) is -0.116. The van der Waals surface area contributed by atoms with Crippen LogP contribution in [-0.2, 0) is 9.36 Å². The molecule has 0 saturated heterocycles. The third-order valence-electron chi connectivity index (χ3n) is 2.06. The van der Waals surface area contributed by atoms with Gasteiger partial charge in [-0.25, -0.2) is 0 Å². The van der Waals surface area contributed by atoms with Gasteiger partial charge in [0, 0.05) is 6.54 Å². The van der Waals surface area contributed by atoms with Gasteiger partial charge in [0.2, 0.25) is 5.91 Å². The Bertz CT molecular complexity index is 162. The average Bonchev–Trinajstić information content (AvgIpc) is 2.17. The Morgan fingerprint density at radius 2 is 1.79 bits per heavy atom. The van der Waals surface area contributed by atoms with E-state index in [4.69, 9.17) is 0 Å². The molecule has 0 rings (SSSR count). The Labute approximate surface area is 87.9 Å². The van der Waals surface area contributed by atoms with Crippen molar-refractivity contribution in [3.05, 3.63) is 0 Å². The third-order valence-corrected chi connectivity index (χ3v) is 2.48. The van der Waals surface area contributed by atoms with Crippen molar-refractivity contribution in [1.29, 1.82) is 0 Å². The van der Waals surface area contributed by atoms with Crippen molar-refractivity contribution >= 4 is 14.4 Å². The fourth-order valence-electron chi connectivity index (χ4n) is 1.25. The van der Waals surface area contributed by atoms with Crippen LogP contribution in [0.1, 0.15) is 45.4 Å². The molecule has 1 amide bonds. The van der Waals surface area contributed by atoms with Crippen molar-refractivity contribution in [2.24, 2.45) is 0 Å². The minimum atomic E-state index is -0.116. The van der Waals surface area contributed by atoms with Gasteiger partial charge in [-0.3, -0.25) is 9.36 Å². The van der Waals surface area contributed by atoms with Crippen LogP contribution in [0, 0.1) is 0 Å². The lowest BCUT2D eigenvalue weighted by Crippen LogP contribution is -2.25. The second-order valence-corrected chi connectivity index (χ2v) is 3.98. The molecule has 0 bridgehead atoms. The van der Waals surface area contributed by atoms with Gasteiger partial charge in [-0.15, -0.1) is 0 Å². The van der Waals surface area contributed by atoms with E-state index in [1.807, 2.05) is 0 Å². The van der Waals surface area contributed by atoms with Gasteiger partial charge in [-0.2, -0.15) is 0 Å². The molecular formula is C10H20NO2P. The lowest BCUT2D eigenvalue weighted by atomic mass is 10.1. The fraction of sp³-hybridized carbons (Fsp3) is 0.900. The number of unbranched alkanes of at least 4 members (excludes halogenated alkanes) is 5. The van der Waals surface area contributed by atoms with E-state index in [2.05, 4.69) is 12.2 Å². The average molecular weight is 217 g/mol. The van der Waals surface area contributed by atoms with Gasteiger partial charge in [0.25, 0.3) is 0 Å². The van der Waals surface area contributed by atoms with Gasteiger partial charge in [0.15, 0.2) is 8.46 Å². The molecule has 0 heterocycles. The predicted octanol–water partition coefficient (Wildman–Crippen LogP) is 2.75. The highest BCUT2D eigenvalue weighted by Crippen LogP contribution is 2.04. The molecule has 0 fully saturated rings. The number of rotatable bonds is 9. The molecule has 0 saturated carbocycles. The molecule has 3 nitrogen and oxygen atoms in total. The molecule has 82 valence electrons. The molecule has 0 aliphatic heterocycles. The summed E-state index contributed by atoms with van der Waals surface area (Å²) in [6, 6.07) is 0. The van der Waals surface area contributed by atoms with Gasteiger partial charge in [-0.1, -0.05) is 39.0 Å². The van der Waals surface area contributed by atoms with Gasteiger partial charge in [0.05, 0.1) is 0 Å². The maximum absolute atomic E-state index is 10.9. The van der Waals surface area contributed by atoms with Crippen molar-refractivity contribution < 1.29 is 9.36 Å². The Balaban J connectivity index is 3.05. The molecular weight excluding hydrogens is 197 g/mol. The molecule has 0 aromatic heterocycles. The van der Waals surface area contributed by atoms with Gasteiger partial charge < -0.3 is 5.32 Å². The minimum Gasteiger partial charge on any atom is -0.355 e. The monoisotopic (exact) mass is 217 g/mol. The number of carbonyl (C=O) groups excluding carboxylic acids is 1. The first-order chi connectivity index (χ1) is 6.81. The van der Waals surface area contributed by atoms with Crippen LogP contribution in [0.25, 0.3) is 0 Å². The first-order valence-corrected chi connectivity index (χ1v) is 6.36. The lowest BCUT2D eigenvalue weighted by Gasteiger charge is -2.02. The highest BCUT2D eigenvalue weighted by Gasteiger charge is 1.98. The van der Waals surface area contributed by atoms with Crippen LogP contribution in [0.15, 0.2) is 0 Å². The quantitative estimate of drug-likeness (QED) is 0.477. The van der Waals surface area contributed by atoms with Crippen molar-refractivity contribution in [2.75, 3.05) is 12.7 Å². The highest BCUT2D eigenvalue weighted by molar-refractivity contribution is 7.25. The van der Waals surface area contributed by atoms with Crippen molar-refractivity contribution in [1.82, 2.24) is 5.32 Å². The second-order valence-electron chi connectivity index (χ2n) is 3.40. The first-order valence-electron chi connectivity index (χ1n) is 5.37. The largest absolute Gasteiger partial charge is 0.355 e. The maximum Gasteiger partial charge on any atom is 0.231 e. The van der Waals surface area contributed by atoms with Crippen LogP contribution in [0.5, 0.6) is 0 Å². The molecule has 4 heteroatoms. The number of hydrogen-bond acceptors (Lipinski definition) is 2. The van der Waals surface area contributed by atoms with Gasteiger partial charge >= 0.3 is 0 Å². The van der Waals surface area contributed by atoms with Crippen LogP contribution >= 0.6 is 8.46 Å². The molecule has 0 radical (unpaired) electrons. The molecule has 0 aromatic rings. The number of amides is 1. The molecule has 14 heavy (non-hydrogen) atoms. The summed E-state index contributed by atoms with van der Waals surface area (Å²) in [5, 5.41) is 2.73. The van der Waals surface area contributed by atoms with Crippen LogP contribution in [0.3, 0.4) is 0 Å². The highest BCUT2D eigenvalue weighted by atomic mass is 31.1. The molecule has 1 N–H and O–H groups in total. The second kappa shape index (κ2) is 10.6. The molecule has 0 aromatic carbocycles. The number of hydrogen-bond donors (Lipinski definition) is 1. The normalized spacial score (nSPS) is 10.4. The van der Waals surface area contributed by atoms with E-state index in [1.54, 1.807) is 0 Å². The molecule has 0 spiro atoms. The Kier molecular flexibility index (Phi) is 10.3. The van der Waals surface area contributed by atoms with Crippen molar-refractivity contribution in [2.45, 2.75) is 45.4 Å². The zero-order chi connectivity index (χ0) is 10.6. The van der Waals surface area contributed by atoms with Gasteiger partial charge in [-0.05, 0) is 6.42 Å².